The van der Waals surface area contributed by atoms with Crippen LogP contribution in [-0.4, -0.2) is 58.8 Å². The third kappa shape index (κ3) is 6.24. The molecule has 1 rings (SSSR count). The molecule has 0 saturated carbocycles. The van der Waals surface area contributed by atoms with Gasteiger partial charge in [-0.2, -0.15) is 0 Å². The molecule has 0 radical (unpaired) electrons. The van der Waals surface area contributed by atoms with Crippen molar-refractivity contribution in [3.05, 3.63) is 29.8 Å². The van der Waals surface area contributed by atoms with Crippen LogP contribution in [0.2, 0.25) is 0 Å². The fourth-order valence-corrected chi connectivity index (χ4v) is 3.02. The lowest BCUT2D eigenvalue weighted by Gasteiger charge is -2.22. The largest absolute Gasteiger partial charge is 0.386 e. The Hall–Kier alpha value is -1.52. The van der Waals surface area contributed by atoms with Crippen LogP contribution in [0.5, 0.6) is 0 Å². The number of aliphatic hydroxyl groups is 1. The van der Waals surface area contributed by atoms with Crippen molar-refractivity contribution in [2.75, 3.05) is 24.9 Å². The Balaban J connectivity index is 2.88. The first-order valence-electron chi connectivity index (χ1n) is 6.45. The molecule has 0 aliphatic rings. The smallest absolute Gasteiger partial charge is 0.235 e. The molecule has 0 fully saturated rings. The van der Waals surface area contributed by atoms with E-state index in [1.807, 2.05) is 0 Å². The van der Waals surface area contributed by atoms with Crippen molar-refractivity contribution in [2.45, 2.75) is 17.0 Å². The van der Waals surface area contributed by atoms with Crippen molar-refractivity contribution >= 4 is 25.6 Å². The predicted molar refractivity (Wildman–Crippen MR) is 82.1 cm³/mol. The summed E-state index contributed by atoms with van der Waals surface area (Å²) in [5.74, 6) is -1.74. The van der Waals surface area contributed by atoms with Gasteiger partial charge in [-0.3, -0.25) is 4.79 Å². The van der Waals surface area contributed by atoms with Crippen LogP contribution in [0.1, 0.15) is 11.7 Å². The molecule has 0 heterocycles. The highest BCUT2D eigenvalue weighted by Gasteiger charge is 2.24. The zero-order valence-corrected chi connectivity index (χ0v) is 14.2. The van der Waals surface area contributed by atoms with Crippen molar-refractivity contribution in [1.82, 2.24) is 5.32 Å². The van der Waals surface area contributed by atoms with Crippen LogP contribution in [0.25, 0.3) is 0 Å². The first-order valence-corrected chi connectivity index (χ1v) is 10.4. The number of hydrogen-bond donors (Lipinski definition) is 2. The molecule has 23 heavy (non-hydrogen) atoms. The number of hydrogen-bond acceptors (Lipinski definition) is 6. The molecule has 10 heteroatoms. The van der Waals surface area contributed by atoms with Crippen molar-refractivity contribution in [2.24, 2.45) is 0 Å². The highest BCUT2D eigenvalue weighted by atomic mass is 32.2. The molecule has 0 saturated heterocycles. The maximum absolute atomic E-state index is 13.0. The molecular formula is C13H18FNO6S2. The lowest BCUT2D eigenvalue weighted by molar-refractivity contribution is -0.120. The average Bonchev–Trinajstić information content (AvgIpc) is 2.41. The number of halogens is 1. The Bertz CT molecular complexity index is 758. The second kappa shape index (κ2) is 7.37. The summed E-state index contributed by atoms with van der Waals surface area (Å²) in [4.78, 5) is 11.5. The van der Waals surface area contributed by atoms with Gasteiger partial charge in [-0.05, 0) is 17.7 Å². The highest BCUT2D eigenvalue weighted by molar-refractivity contribution is 7.91. The first kappa shape index (κ1) is 19.5. The molecule has 130 valence electrons. The zero-order valence-electron chi connectivity index (χ0n) is 12.6. The number of carbonyl (C=O) groups is 1. The van der Waals surface area contributed by atoms with Gasteiger partial charge in [0.25, 0.3) is 0 Å². The van der Waals surface area contributed by atoms with Gasteiger partial charge in [-0.1, -0.05) is 12.1 Å². The number of benzene rings is 1. The van der Waals surface area contributed by atoms with Crippen molar-refractivity contribution in [3.63, 3.8) is 0 Å². The number of amides is 1. The zero-order chi connectivity index (χ0) is 17.8. The van der Waals surface area contributed by atoms with Gasteiger partial charge in [0.2, 0.25) is 5.91 Å². The van der Waals surface area contributed by atoms with E-state index in [1.54, 1.807) is 0 Å². The Morgan fingerprint density at radius 1 is 1.17 bits per heavy atom. The van der Waals surface area contributed by atoms with Gasteiger partial charge in [0.05, 0.1) is 10.9 Å². The standard InChI is InChI=1S/C13H18FNO6S2/c1-22(18,19)8-12(16)15-11(7-14)13(17)9-3-5-10(6-4-9)23(2,20)21/h3-6,11,13,17H,7-8H2,1-2H3,(H,15,16)/t11-,13+/m1/s1. The van der Waals surface area contributed by atoms with Crippen LogP contribution in [0.3, 0.4) is 0 Å². The van der Waals surface area contributed by atoms with Crippen LogP contribution in [-0.2, 0) is 24.5 Å². The topological polar surface area (TPSA) is 118 Å². The molecule has 2 atom stereocenters. The monoisotopic (exact) mass is 367 g/mol. The van der Waals surface area contributed by atoms with Crippen LogP contribution >= 0.6 is 0 Å². The number of alkyl halides is 1. The first-order chi connectivity index (χ1) is 10.4. The number of nitrogens with one attached hydrogen (secondary N) is 1. The van der Waals surface area contributed by atoms with E-state index in [4.69, 9.17) is 0 Å². The molecule has 1 aromatic carbocycles. The SMILES string of the molecule is CS(=O)(=O)CC(=O)N[C@H](CF)[C@@H](O)c1ccc(S(C)(=O)=O)cc1. The van der Waals surface area contributed by atoms with Gasteiger partial charge in [-0.25, -0.2) is 21.2 Å². The molecule has 0 unspecified atom stereocenters. The molecule has 0 bridgehead atoms. The van der Waals surface area contributed by atoms with Crippen molar-refractivity contribution in [1.29, 1.82) is 0 Å². The van der Waals surface area contributed by atoms with E-state index in [9.17, 15) is 31.1 Å². The molecule has 0 aliphatic heterocycles. The Kier molecular flexibility index (Phi) is 6.25. The minimum atomic E-state index is -3.57. The van der Waals surface area contributed by atoms with Crippen molar-refractivity contribution < 1.29 is 31.1 Å². The fraction of sp³-hybridized carbons (Fsp3) is 0.462. The lowest BCUT2D eigenvalue weighted by Crippen LogP contribution is -2.43. The molecule has 1 amide bonds. The molecule has 0 aromatic heterocycles. The maximum Gasteiger partial charge on any atom is 0.235 e. The summed E-state index contributed by atoms with van der Waals surface area (Å²) in [6.07, 6.45) is 0.433. The summed E-state index contributed by atoms with van der Waals surface area (Å²) in [5.41, 5.74) is 0.194. The molecule has 0 spiro atoms. The normalized spacial score (nSPS) is 15.0. The fourth-order valence-electron chi connectivity index (χ4n) is 1.83. The van der Waals surface area contributed by atoms with E-state index < -0.39 is 50.2 Å². The van der Waals surface area contributed by atoms with Gasteiger partial charge in [0, 0.05) is 12.5 Å². The molecular weight excluding hydrogens is 349 g/mol. The van der Waals surface area contributed by atoms with Crippen LogP contribution in [0.4, 0.5) is 4.39 Å². The minimum absolute atomic E-state index is 0.0337. The second-order valence-electron chi connectivity index (χ2n) is 5.18. The lowest BCUT2D eigenvalue weighted by atomic mass is 10.0. The maximum atomic E-state index is 13.0. The number of carbonyl (C=O) groups excluding carboxylic acids is 1. The third-order valence-electron chi connectivity index (χ3n) is 2.94. The average molecular weight is 367 g/mol. The van der Waals surface area contributed by atoms with Crippen LogP contribution < -0.4 is 5.32 Å². The second-order valence-corrected chi connectivity index (χ2v) is 9.34. The van der Waals surface area contributed by atoms with Gasteiger partial charge in [-0.15, -0.1) is 0 Å². The Morgan fingerprint density at radius 3 is 2.09 bits per heavy atom. The predicted octanol–water partition coefficient (Wildman–Crippen LogP) is -0.378. The van der Waals surface area contributed by atoms with Gasteiger partial charge in [0.15, 0.2) is 19.7 Å². The Labute approximate surface area is 134 Å². The van der Waals surface area contributed by atoms with E-state index in [0.717, 1.165) is 12.5 Å². The highest BCUT2D eigenvalue weighted by Crippen LogP contribution is 2.20. The van der Waals surface area contributed by atoms with Crippen molar-refractivity contribution in [3.8, 4) is 0 Å². The van der Waals surface area contributed by atoms with Crippen LogP contribution in [0, 0.1) is 0 Å². The quantitative estimate of drug-likeness (QED) is 0.678. The summed E-state index contributed by atoms with van der Waals surface area (Å²) < 4.78 is 57.7. The van der Waals surface area contributed by atoms with E-state index in [0.29, 0.717) is 0 Å². The van der Waals surface area contributed by atoms with E-state index >= 15 is 0 Å². The number of aliphatic hydroxyl groups excluding tert-OH is 1. The summed E-state index contributed by atoms with van der Waals surface area (Å²) in [5, 5.41) is 12.2. The summed E-state index contributed by atoms with van der Waals surface area (Å²) >= 11 is 0. The van der Waals surface area contributed by atoms with E-state index in [2.05, 4.69) is 5.32 Å². The molecule has 2 N–H and O–H groups in total. The Morgan fingerprint density at radius 2 is 1.70 bits per heavy atom. The summed E-state index contributed by atoms with van der Waals surface area (Å²) in [6.45, 7) is -1.12. The number of sulfone groups is 2. The number of rotatable bonds is 7. The van der Waals surface area contributed by atoms with E-state index in [-0.39, 0.29) is 10.5 Å². The molecule has 0 aliphatic carbocycles. The molecule has 7 nitrogen and oxygen atoms in total. The third-order valence-corrected chi connectivity index (χ3v) is 4.85. The summed E-state index contributed by atoms with van der Waals surface area (Å²) in [6, 6.07) is 3.76. The minimum Gasteiger partial charge on any atom is -0.386 e. The van der Waals surface area contributed by atoms with E-state index in [1.165, 1.54) is 24.3 Å². The van der Waals surface area contributed by atoms with Gasteiger partial charge >= 0.3 is 0 Å². The van der Waals surface area contributed by atoms with Gasteiger partial charge in [0.1, 0.15) is 18.5 Å². The molecule has 1 aromatic rings. The summed E-state index contributed by atoms with van der Waals surface area (Å²) in [7, 11) is -6.97. The van der Waals surface area contributed by atoms with Gasteiger partial charge < -0.3 is 10.4 Å². The van der Waals surface area contributed by atoms with Crippen LogP contribution in [0.15, 0.2) is 29.2 Å².